The fraction of sp³-hybridized carbons (Fsp3) is 0.217. The summed E-state index contributed by atoms with van der Waals surface area (Å²) in [6.45, 7) is 6.54. The van der Waals surface area contributed by atoms with Gasteiger partial charge in [-0.05, 0) is 37.0 Å². The van der Waals surface area contributed by atoms with Crippen LogP contribution in [-0.2, 0) is 0 Å². The van der Waals surface area contributed by atoms with Gasteiger partial charge in [-0.15, -0.1) is 11.3 Å². The first-order chi connectivity index (χ1) is 14.0. The number of hydrogen-bond acceptors (Lipinski definition) is 6. The van der Waals surface area contributed by atoms with Crippen molar-refractivity contribution in [1.82, 2.24) is 9.97 Å². The zero-order chi connectivity index (χ0) is 20.4. The Morgan fingerprint density at radius 1 is 1.03 bits per heavy atom. The number of hydrogen-bond donors (Lipinski definition) is 2. The van der Waals surface area contributed by atoms with Crippen LogP contribution in [0.1, 0.15) is 37.3 Å². The van der Waals surface area contributed by atoms with Crippen molar-refractivity contribution in [2.24, 2.45) is 0 Å². The normalized spacial score (nSPS) is 12.1. The lowest BCUT2D eigenvalue weighted by atomic mass is 9.99. The van der Waals surface area contributed by atoms with Gasteiger partial charge < -0.3 is 11.1 Å². The molecular formula is C23H24N4S2. The number of nitrogens with one attached hydrogen (secondary N) is 1. The van der Waals surface area contributed by atoms with Gasteiger partial charge in [0.25, 0.3) is 0 Å². The first kappa shape index (κ1) is 19.6. The van der Waals surface area contributed by atoms with Crippen LogP contribution in [0.3, 0.4) is 0 Å². The molecule has 1 atom stereocenters. The van der Waals surface area contributed by atoms with Crippen molar-refractivity contribution in [3.8, 4) is 21.1 Å². The number of thiazole rings is 2. The Balaban J connectivity index is 1.53. The van der Waals surface area contributed by atoms with Crippen LogP contribution in [0.4, 0.5) is 16.6 Å². The SMILES string of the molecule is CCC(C)c1ccc(Nc2nc(N)c(-c3nc(-c4ccc(C)cc4)cs3)s2)cc1. The predicted octanol–water partition coefficient (Wildman–Crippen LogP) is 7.08. The Hall–Kier alpha value is -2.70. The summed E-state index contributed by atoms with van der Waals surface area (Å²) in [5.41, 5.74) is 11.9. The second-order valence-corrected chi connectivity index (χ2v) is 9.05. The number of aromatic nitrogens is 2. The van der Waals surface area contributed by atoms with Gasteiger partial charge in [0.15, 0.2) is 5.13 Å². The second kappa shape index (κ2) is 8.35. The third-order valence-corrected chi connectivity index (χ3v) is 7.02. The lowest BCUT2D eigenvalue weighted by Crippen LogP contribution is -1.94. The average molecular weight is 421 g/mol. The molecule has 4 nitrogen and oxygen atoms in total. The molecule has 0 aliphatic heterocycles. The maximum atomic E-state index is 6.20. The third kappa shape index (κ3) is 4.33. The van der Waals surface area contributed by atoms with Gasteiger partial charge in [-0.2, -0.15) is 0 Å². The van der Waals surface area contributed by atoms with Crippen molar-refractivity contribution in [3.63, 3.8) is 0 Å². The van der Waals surface area contributed by atoms with Crippen LogP contribution in [0.25, 0.3) is 21.1 Å². The van der Waals surface area contributed by atoms with Crippen LogP contribution in [0.5, 0.6) is 0 Å². The van der Waals surface area contributed by atoms with Gasteiger partial charge in [-0.1, -0.05) is 67.1 Å². The summed E-state index contributed by atoms with van der Waals surface area (Å²) in [5, 5.41) is 7.11. The van der Waals surface area contributed by atoms with Gasteiger partial charge in [0, 0.05) is 16.6 Å². The monoisotopic (exact) mass is 420 g/mol. The van der Waals surface area contributed by atoms with E-state index in [0.717, 1.165) is 38.4 Å². The van der Waals surface area contributed by atoms with Gasteiger partial charge in [0.05, 0.1) is 5.69 Å². The van der Waals surface area contributed by atoms with Crippen molar-refractivity contribution in [2.45, 2.75) is 33.1 Å². The molecule has 0 saturated heterocycles. The average Bonchev–Trinajstić information content (AvgIpc) is 3.35. The Morgan fingerprint density at radius 3 is 2.45 bits per heavy atom. The number of nitrogens with two attached hydrogens (primary N) is 1. The van der Waals surface area contributed by atoms with Crippen LogP contribution in [0, 0.1) is 6.92 Å². The van der Waals surface area contributed by atoms with Crippen molar-refractivity contribution >= 4 is 39.3 Å². The molecule has 0 saturated carbocycles. The Morgan fingerprint density at radius 2 is 1.76 bits per heavy atom. The van der Waals surface area contributed by atoms with Gasteiger partial charge in [-0.25, -0.2) is 9.97 Å². The highest BCUT2D eigenvalue weighted by atomic mass is 32.1. The fourth-order valence-corrected chi connectivity index (χ4v) is 4.86. The molecule has 0 fully saturated rings. The van der Waals surface area contributed by atoms with E-state index in [4.69, 9.17) is 10.7 Å². The van der Waals surface area contributed by atoms with Crippen molar-refractivity contribution < 1.29 is 0 Å². The molecule has 6 heteroatoms. The molecule has 4 rings (SSSR count). The molecule has 3 N–H and O–H groups in total. The molecule has 148 valence electrons. The molecule has 2 aromatic carbocycles. The summed E-state index contributed by atoms with van der Waals surface area (Å²) < 4.78 is 0. The third-order valence-electron chi connectivity index (χ3n) is 5.04. The maximum Gasteiger partial charge on any atom is 0.189 e. The largest absolute Gasteiger partial charge is 0.382 e. The standard InChI is InChI=1S/C23H24N4S2/c1-4-15(3)16-9-11-18(12-10-16)25-23-27-21(24)20(29-23)22-26-19(13-28-22)17-7-5-14(2)6-8-17/h5-13,15H,4,24H2,1-3H3,(H,25,27). The minimum absolute atomic E-state index is 0.513. The summed E-state index contributed by atoms with van der Waals surface area (Å²) in [6, 6.07) is 16.9. The predicted molar refractivity (Wildman–Crippen MR) is 126 cm³/mol. The number of anilines is 3. The fourth-order valence-electron chi connectivity index (χ4n) is 3.03. The van der Waals surface area contributed by atoms with Gasteiger partial charge >= 0.3 is 0 Å². The van der Waals surface area contributed by atoms with Gasteiger partial charge in [-0.3, -0.25) is 0 Å². The van der Waals surface area contributed by atoms with Crippen LogP contribution in [0.15, 0.2) is 53.9 Å². The minimum atomic E-state index is 0.513. The van der Waals surface area contributed by atoms with Crippen molar-refractivity contribution in [2.75, 3.05) is 11.1 Å². The molecule has 0 aliphatic rings. The summed E-state index contributed by atoms with van der Waals surface area (Å²) in [4.78, 5) is 10.2. The molecule has 0 radical (unpaired) electrons. The smallest absolute Gasteiger partial charge is 0.189 e. The molecule has 2 aromatic heterocycles. The van der Waals surface area contributed by atoms with E-state index in [0.29, 0.717) is 11.7 Å². The number of aryl methyl sites for hydroxylation is 1. The van der Waals surface area contributed by atoms with Crippen LogP contribution >= 0.6 is 22.7 Å². The van der Waals surface area contributed by atoms with E-state index >= 15 is 0 Å². The van der Waals surface area contributed by atoms with E-state index < -0.39 is 0 Å². The summed E-state index contributed by atoms with van der Waals surface area (Å²) in [6.07, 6.45) is 1.14. The van der Waals surface area contributed by atoms with E-state index in [-0.39, 0.29) is 0 Å². The molecule has 1 unspecified atom stereocenters. The Bertz CT molecular complexity index is 1090. The highest BCUT2D eigenvalue weighted by Gasteiger charge is 2.15. The lowest BCUT2D eigenvalue weighted by molar-refractivity contribution is 0.734. The number of benzene rings is 2. The van der Waals surface area contributed by atoms with E-state index in [1.807, 2.05) is 0 Å². The van der Waals surface area contributed by atoms with Gasteiger partial charge in [0.1, 0.15) is 15.7 Å². The van der Waals surface area contributed by atoms with E-state index in [2.05, 4.69) is 85.0 Å². The van der Waals surface area contributed by atoms with Gasteiger partial charge in [0.2, 0.25) is 0 Å². The first-order valence-electron chi connectivity index (χ1n) is 9.69. The zero-order valence-corrected chi connectivity index (χ0v) is 18.4. The molecule has 0 amide bonds. The number of rotatable bonds is 6. The first-order valence-corrected chi connectivity index (χ1v) is 11.4. The van der Waals surface area contributed by atoms with E-state index in [9.17, 15) is 0 Å². The molecule has 0 spiro atoms. The maximum absolute atomic E-state index is 6.20. The minimum Gasteiger partial charge on any atom is -0.382 e. The van der Waals surface area contributed by atoms with Crippen molar-refractivity contribution in [1.29, 1.82) is 0 Å². The number of nitrogen functional groups attached to an aromatic ring is 1. The van der Waals surface area contributed by atoms with E-state index in [1.165, 1.54) is 22.5 Å². The summed E-state index contributed by atoms with van der Waals surface area (Å²) in [5.74, 6) is 1.08. The van der Waals surface area contributed by atoms with Crippen LogP contribution < -0.4 is 11.1 Å². The highest BCUT2D eigenvalue weighted by molar-refractivity contribution is 7.23. The quantitative estimate of drug-likeness (QED) is 0.350. The van der Waals surface area contributed by atoms with Crippen LogP contribution in [0.2, 0.25) is 0 Å². The Labute approximate surface area is 179 Å². The summed E-state index contributed by atoms with van der Waals surface area (Å²) >= 11 is 3.13. The number of nitrogens with zero attached hydrogens (tertiary/aromatic N) is 2. The molecule has 0 bridgehead atoms. The van der Waals surface area contributed by atoms with Crippen molar-refractivity contribution in [3.05, 3.63) is 65.0 Å². The second-order valence-electron chi connectivity index (χ2n) is 7.19. The summed E-state index contributed by atoms with van der Waals surface area (Å²) in [7, 11) is 0. The molecule has 0 aliphatic carbocycles. The Kier molecular flexibility index (Phi) is 5.65. The lowest BCUT2D eigenvalue weighted by Gasteiger charge is -2.09. The highest BCUT2D eigenvalue weighted by Crippen LogP contribution is 2.39. The zero-order valence-electron chi connectivity index (χ0n) is 16.8. The molecule has 2 heterocycles. The molecular weight excluding hydrogens is 396 g/mol. The topological polar surface area (TPSA) is 63.8 Å². The molecule has 4 aromatic rings. The van der Waals surface area contributed by atoms with E-state index in [1.54, 1.807) is 11.3 Å². The van der Waals surface area contributed by atoms with Crippen LogP contribution in [-0.4, -0.2) is 9.97 Å². The molecule has 29 heavy (non-hydrogen) atoms.